The number of hydrogen-bond acceptors (Lipinski definition) is 3. The summed E-state index contributed by atoms with van der Waals surface area (Å²) in [5, 5.41) is 0. The highest BCUT2D eigenvalue weighted by molar-refractivity contribution is 5.89. The number of para-hydroxylation sites is 2. The van der Waals surface area contributed by atoms with Crippen molar-refractivity contribution in [3.05, 3.63) is 212 Å². The molecule has 3 nitrogen and oxygen atoms in total. The Morgan fingerprint density at radius 1 is 0.245 bits per heavy atom. The van der Waals surface area contributed by atoms with Crippen LogP contribution in [0.4, 0.5) is 17.1 Å². The molecule has 0 amide bonds. The van der Waals surface area contributed by atoms with Crippen LogP contribution in [0.1, 0.15) is 0 Å². The topological polar surface area (TPSA) is 29.0 Å². The largest absolute Gasteiger partial charge is 0.310 e. The molecule has 9 rings (SSSR count). The third-order valence-electron chi connectivity index (χ3n) is 9.62. The zero-order valence-electron chi connectivity index (χ0n) is 29.0. The molecule has 0 bridgehead atoms. The summed E-state index contributed by atoms with van der Waals surface area (Å²) in [6.07, 6.45) is 0. The molecule has 53 heavy (non-hydrogen) atoms. The lowest BCUT2D eigenvalue weighted by Gasteiger charge is -2.27. The second-order valence-corrected chi connectivity index (χ2v) is 13.1. The Morgan fingerprint density at radius 3 is 1.15 bits per heavy atom. The van der Waals surface area contributed by atoms with Crippen LogP contribution in [-0.4, -0.2) is 9.97 Å². The first-order valence-corrected chi connectivity index (χ1v) is 17.9. The van der Waals surface area contributed by atoms with Crippen LogP contribution in [0.2, 0.25) is 0 Å². The summed E-state index contributed by atoms with van der Waals surface area (Å²) in [4.78, 5) is 12.6. The Balaban J connectivity index is 1.23. The van der Waals surface area contributed by atoms with Crippen molar-refractivity contribution >= 4 is 28.1 Å². The predicted octanol–water partition coefficient (Wildman–Crippen LogP) is 13.4. The van der Waals surface area contributed by atoms with Gasteiger partial charge < -0.3 is 4.90 Å². The molecule has 3 heteroatoms. The highest BCUT2D eigenvalue weighted by Crippen LogP contribution is 2.42. The van der Waals surface area contributed by atoms with Gasteiger partial charge in [-0.25, -0.2) is 9.97 Å². The Kier molecular flexibility index (Phi) is 8.57. The summed E-state index contributed by atoms with van der Waals surface area (Å²) in [6.45, 7) is 0. The average molecular weight is 678 g/mol. The molecule has 250 valence electrons. The summed E-state index contributed by atoms with van der Waals surface area (Å²) < 4.78 is 0. The SMILES string of the molecule is c1ccc(-c2cccc(N(c3ccc(-c4nc5ccccc5nc4-c4ccccc4)cc3)c3cc(-c4ccccc4)cc(-c4ccccc4)c3)c2)cc1. The monoisotopic (exact) mass is 677 g/mol. The maximum absolute atomic E-state index is 5.17. The fourth-order valence-electron chi connectivity index (χ4n) is 7.00. The van der Waals surface area contributed by atoms with Crippen LogP contribution < -0.4 is 4.90 Å². The molecular weight excluding hydrogens is 643 g/mol. The van der Waals surface area contributed by atoms with Gasteiger partial charge >= 0.3 is 0 Å². The van der Waals surface area contributed by atoms with Crippen molar-refractivity contribution in [3.63, 3.8) is 0 Å². The van der Waals surface area contributed by atoms with E-state index >= 15 is 0 Å². The fourth-order valence-corrected chi connectivity index (χ4v) is 7.00. The lowest BCUT2D eigenvalue weighted by molar-refractivity contribution is 1.27. The number of anilines is 3. The fraction of sp³-hybridized carbons (Fsp3) is 0. The molecule has 0 saturated heterocycles. The van der Waals surface area contributed by atoms with Crippen LogP contribution in [-0.2, 0) is 0 Å². The minimum absolute atomic E-state index is 0.858. The van der Waals surface area contributed by atoms with Crippen LogP contribution in [0, 0.1) is 0 Å². The number of fused-ring (bicyclic) bond motifs is 1. The number of nitrogens with zero attached hydrogens (tertiary/aromatic N) is 3. The smallest absolute Gasteiger partial charge is 0.0973 e. The number of aromatic nitrogens is 2. The zero-order valence-corrected chi connectivity index (χ0v) is 29.0. The molecule has 1 aromatic heterocycles. The highest BCUT2D eigenvalue weighted by Gasteiger charge is 2.18. The third kappa shape index (κ3) is 6.60. The molecule has 0 radical (unpaired) electrons. The molecule has 1 heterocycles. The van der Waals surface area contributed by atoms with E-state index in [4.69, 9.17) is 9.97 Å². The van der Waals surface area contributed by atoms with E-state index in [2.05, 4.69) is 175 Å². The van der Waals surface area contributed by atoms with Crippen LogP contribution in [0.15, 0.2) is 212 Å². The molecule has 0 fully saturated rings. The lowest BCUT2D eigenvalue weighted by Crippen LogP contribution is -2.10. The van der Waals surface area contributed by atoms with Crippen LogP contribution in [0.5, 0.6) is 0 Å². The van der Waals surface area contributed by atoms with E-state index in [0.29, 0.717) is 0 Å². The van der Waals surface area contributed by atoms with E-state index in [1.54, 1.807) is 0 Å². The lowest BCUT2D eigenvalue weighted by atomic mass is 9.97. The van der Waals surface area contributed by atoms with Crippen molar-refractivity contribution in [2.45, 2.75) is 0 Å². The van der Waals surface area contributed by atoms with Crippen LogP contribution in [0.3, 0.4) is 0 Å². The van der Waals surface area contributed by atoms with Crippen molar-refractivity contribution in [1.29, 1.82) is 0 Å². The molecule has 8 aromatic carbocycles. The van der Waals surface area contributed by atoms with Crippen molar-refractivity contribution in [2.75, 3.05) is 4.90 Å². The van der Waals surface area contributed by atoms with Gasteiger partial charge in [-0.3, -0.25) is 0 Å². The normalized spacial score (nSPS) is 11.0. The molecule has 0 saturated carbocycles. The molecule has 0 aliphatic rings. The summed E-state index contributed by atoms with van der Waals surface area (Å²) in [7, 11) is 0. The maximum atomic E-state index is 5.17. The first kappa shape index (κ1) is 31.9. The second-order valence-electron chi connectivity index (χ2n) is 13.1. The van der Waals surface area contributed by atoms with E-state index in [9.17, 15) is 0 Å². The third-order valence-corrected chi connectivity index (χ3v) is 9.62. The molecule has 0 atom stereocenters. The van der Waals surface area contributed by atoms with Gasteiger partial charge in [-0.15, -0.1) is 0 Å². The number of benzene rings is 8. The second kappa shape index (κ2) is 14.3. The van der Waals surface area contributed by atoms with Gasteiger partial charge in [-0.1, -0.05) is 158 Å². The van der Waals surface area contributed by atoms with Gasteiger partial charge in [0, 0.05) is 28.2 Å². The van der Waals surface area contributed by atoms with Crippen LogP contribution >= 0.6 is 0 Å². The summed E-state index contributed by atoms with van der Waals surface area (Å²) in [6, 6.07) is 74.7. The minimum Gasteiger partial charge on any atom is -0.310 e. The molecule has 9 aromatic rings. The van der Waals surface area contributed by atoms with Gasteiger partial charge in [0.2, 0.25) is 0 Å². The van der Waals surface area contributed by atoms with Gasteiger partial charge in [0.05, 0.1) is 22.4 Å². The first-order chi connectivity index (χ1) is 26.3. The average Bonchev–Trinajstić information content (AvgIpc) is 3.25. The summed E-state index contributed by atoms with van der Waals surface area (Å²) in [5.74, 6) is 0. The molecule has 0 aliphatic heterocycles. The van der Waals surface area contributed by atoms with Crippen molar-refractivity contribution < 1.29 is 0 Å². The molecule has 0 aliphatic carbocycles. The van der Waals surface area contributed by atoms with Gasteiger partial charge in [0.25, 0.3) is 0 Å². The van der Waals surface area contributed by atoms with E-state index in [0.717, 1.165) is 67.3 Å². The van der Waals surface area contributed by atoms with Crippen molar-refractivity contribution in [2.24, 2.45) is 0 Å². The quantitative estimate of drug-likeness (QED) is 0.160. The summed E-state index contributed by atoms with van der Waals surface area (Å²) in [5.41, 5.74) is 15.7. The molecule has 0 spiro atoms. The number of rotatable bonds is 8. The Labute approximate surface area is 310 Å². The predicted molar refractivity (Wildman–Crippen MR) is 221 cm³/mol. The van der Waals surface area contributed by atoms with Gasteiger partial charge in [0.15, 0.2) is 0 Å². The molecule has 0 N–H and O–H groups in total. The molecule has 0 unspecified atom stereocenters. The van der Waals surface area contributed by atoms with E-state index in [1.165, 1.54) is 16.7 Å². The van der Waals surface area contributed by atoms with Crippen LogP contribution in [0.25, 0.3) is 66.9 Å². The zero-order chi connectivity index (χ0) is 35.4. The summed E-state index contributed by atoms with van der Waals surface area (Å²) >= 11 is 0. The Bertz CT molecular complexity index is 2580. The standard InChI is InChI=1S/C50H35N3/c1-5-16-36(17-6-1)41-24-15-25-45(33-41)53(46-34-42(37-18-7-2-8-19-37)32-43(35-46)38-20-9-3-10-21-38)44-30-28-40(29-31-44)50-49(39-22-11-4-12-23-39)51-47-26-13-14-27-48(47)52-50/h1-35H. The van der Waals surface area contributed by atoms with Crippen molar-refractivity contribution in [3.8, 4) is 55.9 Å². The van der Waals surface area contributed by atoms with E-state index in [-0.39, 0.29) is 0 Å². The Morgan fingerprint density at radius 2 is 0.642 bits per heavy atom. The van der Waals surface area contributed by atoms with Gasteiger partial charge in [0.1, 0.15) is 0 Å². The minimum atomic E-state index is 0.858. The van der Waals surface area contributed by atoms with Gasteiger partial charge in [-0.2, -0.15) is 0 Å². The van der Waals surface area contributed by atoms with E-state index < -0.39 is 0 Å². The Hall–Kier alpha value is -7.10. The first-order valence-electron chi connectivity index (χ1n) is 17.9. The number of hydrogen-bond donors (Lipinski definition) is 0. The van der Waals surface area contributed by atoms with E-state index in [1.807, 2.05) is 42.5 Å². The molecular formula is C50H35N3. The highest BCUT2D eigenvalue weighted by atomic mass is 15.1. The van der Waals surface area contributed by atoms with Gasteiger partial charge in [-0.05, 0) is 88.0 Å². The maximum Gasteiger partial charge on any atom is 0.0973 e. The van der Waals surface area contributed by atoms with Crippen molar-refractivity contribution in [1.82, 2.24) is 9.97 Å².